The first kappa shape index (κ1) is 18.8. The molecule has 0 radical (unpaired) electrons. The Morgan fingerprint density at radius 2 is 1.68 bits per heavy atom. The number of alkyl halides is 3. The summed E-state index contributed by atoms with van der Waals surface area (Å²) in [6, 6.07) is 15.9. The number of terminal acetylenes is 1. The van der Waals surface area contributed by atoms with E-state index in [4.69, 9.17) is 6.42 Å². The quantitative estimate of drug-likeness (QED) is 0.496. The summed E-state index contributed by atoms with van der Waals surface area (Å²) in [5, 5.41) is 0. The Labute approximate surface area is 145 Å². The number of benzene rings is 2. The predicted octanol–water partition coefficient (Wildman–Crippen LogP) is 5.55. The molecule has 2 aromatic carbocycles. The van der Waals surface area contributed by atoms with Crippen LogP contribution in [0.1, 0.15) is 40.2 Å². The van der Waals surface area contributed by atoms with Crippen LogP contribution in [0, 0.1) is 25.2 Å². The summed E-state index contributed by atoms with van der Waals surface area (Å²) in [5.74, 6) is 0.259. The minimum atomic E-state index is -4.36. The molecule has 0 aliphatic carbocycles. The highest BCUT2D eigenvalue weighted by Crippen LogP contribution is 2.34. The van der Waals surface area contributed by atoms with E-state index in [9.17, 15) is 18.0 Å². The van der Waals surface area contributed by atoms with Gasteiger partial charge in [-0.3, -0.25) is 4.79 Å². The molecule has 1 nitrogen and oxygen atoms in total. The Balaban J connectivity index is 2.36. The van der Waals surface area contributed by atoms with Crippen molar-refractivity contribution in [1.29, 1.82) is 0 Å². The normalized spacial score (nSPS) is 13.7. The van der Waals surface area contributed by atoms with E-state index >= 15 is 0 Å². The second-order valence-corrected chi connectivity index (χ2v) is 6.06. The van der Waals surface area contributed by atoms with Gasteiger partial charge < -0.3 is 0 Å². The van der Waals surface area contributed by atoms with Gasteiger partial charge in [0.25, 0.3) is 0 Å². The zero-order valence-corrected chi connectivity index (χ0v) is 13.9. The molecule has 0 spiro atoms. The number of ketones is 1. The zero-order valence-electron chi connectivity index (χ0n) is 13.9. The molecule has 0 saturated heterocycles. The lowest BCUT2D eigenvalue weighted by molar-refractivity contribution is -0.141. The lowest BCUT2D eigenvalue weighted by Gasteiger charge is -2.21. The van der Waals surface area contributed by atoms with Crippen LogP contribution in [0.5, 0.6) is 0 Å². The topological polar surface area (TPSA) is 17.1 Å². The van der Waals surface area contributed by atoms with Crippen molar-refractivity contribution in [2.45, 2.75) is 31.9 Å². The number of rotatable bonds is 6. The summed E-state index contributed by atoms with van der Waals surface area (Å²) in [4.78, 5) is 13.0. The summed E-state index contributed by atoms with van der Waals surface area (Å²) in [6.45, 7) is 1.81. The predicted molar refractivity (Wildman–Crippen MR) is 92.3 cm³/mol. The Kier molecular flexibility index (Phi) is 6.03. The Morgan fingerprint density at radius 1 is 1.08 bits per heavy atom. The second-order valence-electron chi connectivity index (χ2n) is 6.06. The van der Waals surface area contributed by atoms with Gasteiger partial charge in [-0.1, -0.05) is 54.6 Å². The third-order valence-electron chi connectivity index (χ3n) is 4.16. The van der Waals surface area contributed by atoms with Crippen molar-refractivity contribution in [2.24, 2.45) is 5.92 Å². The van der Waals surface area contributed by atoms with E-state index in [-0.39, 0.29) is 12.2 Å². The molecule has 0 amide bonds. The molecular formula is C21H19F3O. The minimum absolute atomic E-state index is 0.0345. The van der Waals surface area contributed by atoms with Crippen LogP contribution in [-0.2, 0) is 0 Å². The summed E-state index contributed by atoms with van der Waals surface area (Å²) in [6.07, 6.45) is -0.167. The largest absolute Gasteiger partial charge is 0.390 e. The van der Waals surface area contributed by atoms with Crippen LogP contribution in [0.3, 0.4) is 0 Å². The number of carbonyl (C=O) groups is 1. The van der Waals surface area contributed by atoms with Crippen molar-refractivity contribution in [2.75, 3.05) is 0 Å². The van der Waals surface area contributed by atoms with E-state index in [2.05, 4.69) is 5.92 Å². The van der Waals surface area contributed by atoms with Crippen LogP contribution < -0.4 is 0 Å². The maximum absolute atomic E-state index is 13.0. The Bertz CT molecular complexity index is 757. The molecule has 2 aromatic rings. The molecule has 4 heteroatoms. The number of halogens is 3. The molecule has 2 atom stereocenters. The Hall–Kier alpha value is -2.54. The number of hydrogen-bond acceptors (Lipinski definition) is 1. The molecule has 2 unspecified atom stereocenters. The minimum Gasteiger partial charge on any atom is -0.293 e. The van der Waals surface area contributed by atoms with E-state index in [1.54, 1.807) is 42.5 Å². The highest BCUT2D eigenvalue weighted by Gasteiger charge is 2.34. The van der Waals surface area contributed by atoms with Crippen LogP contribution in [0.4, 0.5) is 13.2 Å². The average molecular weight is 344 g/mol. The lowest BCUT2D eigenvalue weighted by Crippen LogP contribution is -2.21. The lowest BCUT2D eigenvalue weighted by atomic mass is 9.81. The molecule has 0 aliphatic heterocycles. The highest BCUT2D eigenvalue weighted by molar-refractivity contribution is 6.02. The summed E-state index contributed by atoms with van der Waals surface area (Å²) < 4.78 is 38.3. The molecule has 0 bridgehead atoms. The van der Waals surface area contributed by atoms with Crippen molar-refractivity contribution in [3.8, 4) is 12.3 Å². The van der Waals surface area contributed by atoms with E-state index in [1.807, 2.05) is 19.1 Å². The average Bonchev–Trinajstić information content (AvgIpc) is 2.58. The van der Waals surface area contributed by atoms with Gasteiger partial charge in [0, 0.05) is 17.4 Å². The van der Waals surface area contributed by atoms with Crippen molar-refractivity contribution in [3.05, 3.63) is 71.3 Å². The van der Waals surface area contributed by atoms with Crippen LogP contribution in [-0.4, -0.2) is 12.0 Å². The van der Waals surface area contributed by atoms with Crippen LogP contribution in [0.2, 0.25) is 0 Å². The van der Waals surface area contributed by atoms with E-state index in [0.29, 0.717) is 11.1 Å². The summed E-state index contributed by atoms with van der Waals surface area (Å²) >= 11 is 0. The molecule has 0 saturated carbocycles. The first-order valence-corrected chi connectivity index (χ1v) is 7.99. The molecule has 130 valence electrons. The first-order chi connectivity index (χ1) is 11.8. The molecule has 0 fully saturated rings. The van der Waals surface area contributed by atoms with Crippen LogP contribution >= 0.6 is 0 Å². The number of aryl methyl sites for hydroxylation is 1. The summed E-state index contributed by atoms with van der Waals surface area (Å²) in [5.41, 5.74) is 1.99. The standard InChI is InChI=1S/C21H19F3O/c1-3-16(14-21(22,23)24)13-19(17-10-5-4-6-11-17)20(25)18-12-8-7-9-15(18)2/h1,4-12,16,19H,13-14H2,2H3. The van der Waals surface area contributed by atoms with Gasteiger partial charge in [0.15, 0.2) is 5.78 Å². The third kappa shape index (κ3) is 5.22. The van der Waals surface area contributed by atoms with Crippen LogP contribution in [0.25, 0.3) is 0 Å². The second kappa shape index (κ2) is 8.02. The number of carbonyl (C=O) groups excluding carboxylic acids is 1. The molecular weight excluding hydrogens is 325 g/mol. The Morgan fingerprint density at radius 3 is 2.24 bits per heavy atom. The number of Topliss-reactive ketones (excluding diaryl/α,β-unsaturated/α-hetero) is 1. The summed E-state index contributed by atoms with van der Waals surface area (Å²) in [7, 11) is 0. The number of hydrogen-bond donors (Lipinski definition) is 0. The van der Waals surface area contributed by atoms with Gasteiger partial charge in [-0.05, 0) is 24.5 Å². The van der Waals surface area contributed by atoms with Crippen molar-refractivity contribution >= 4 is 5.78 Å². The maximum Gasteiger partial charge on any atom is 0.390 e. The molecule has 0 heterocycles. The molecule has 0 N–H and O–H groups in total. The van der Waals surface area contributed by atoms with Gasteiger partial charge in [0.1, 0.15) is 0 Å². The maximum atomic E-state index is 13.0. The van der Waals surface area contributed by atoms with Gasteiger partial charge in [-0.25, -0.2) is 0 Å². The van der Waals surface area contributed by atoms with E-state index < -0.39 is 24.4 Å². The third-order valence-corrected chi connectivity index (χ3v) is 4.16. The van der Waals surface area contributed by atoms with Crippen molar-refractivity contribution < 1.29 is 18.0 Å². The van der Waals surface area contributed by atoms with Crippen molar-refractivity contribution in [3.63, 3.8) is 0 Å². The molecule has 0 aromatic heterocycles. The molecule has 0 aliphatic rings. The fourth-order valence-corrected chi connectivity index (χ4v) is 2.89. The fourth-order valence-electron chi connectivity index (χ4n) is 2.89. The van der Waals surface area contributed by atoms with E-state index in [1.165, 1.54) is 0 Å². The smallest absolute Gasteiger partial charge is 0.293 e. The van der Waals surface area contributed by atoms with Crippen molar-refractivity contribution in [1.82, 2.24) is 0 Å². The molecule has 25 heavy (non-hydrogen) atoms. The monoisotopic (exact) mass is 344 g/mol. The van der Waals surface area contributed by atoms with Gasteiger partial charge in [0.2, 0.25) is 0 Å². The highest BCUT2D eigenvalue weighted by atomic mass is 19.4. The zero-order chi connectivity index (χ0) is 18.4. The fraction of sp³-hybridized carbons (Fsp3) is 0.286. The van der Waals surface area contributed by atoms with Gasteiger partial charge >= 0.3 is 6.18 Å². The van der Waals surface area contributed by atoms with Crippen LogP contribution in [0.15, 0.2) is 54.6 Å². The first-order valence-electron chi connectivity index (χ1n) is 7.99. The van der Waals surface area contributed by atoms with Gasteiger partial charge in [0.05, 0.1) is 6.42 Å². The van der Waals surface area contributed by atoms with Gasteiger partial charge in [-0.15, -0.1) is 12.3 Å². The molecule has 2 rings (SSSR count). The van der Waals surface area contributed by atoms with Gasteiger partial charge in [-0.2, -0.15) is 13.2 Å². The van der Waals surface area contributed by atoms with E-state index in [0.717, 1.165) is 5.56 Å². The SMILES string of the molecule is C#CC(CC(C(=O)c1ccccc1C)c1ccccc1)CC(F)(F)F.